The van der Waals surface area contributed by atoms with Gasteiger partial charge in [0, 0.05) is 19.6 Å². The first-order valence-electron chi connectivity index (χ1n) is 8.16. The number of rotatable bonds is 4. The first-order chi connectivity index (χ1) is 11.2. The van der Waals surface area contributed by atoms with E-state index in [9.17, 15) is 4.79 Å². The molecule has 2 heterocycles. The van der Waals surface area contributed by atoms with Crippen LogP contribution in [0.1, 0.15) is 46.4 Å². The first-order valence-corrected chi connectivity index (χ1v) is 8.93. The van der Waals surface area contributed by atoms with Crippen LogP contribution in [0.5, 0.6) is 0 Å². The Morgan fingerprint density at radius 2 is 2.09 bits per heavy atom. The number of nitrogens with one attached hydrogen (secondary N) is 1. The molecule has 1 fully saturated rings. The Hall–Kier alpha value is -1.79. The number of piperazine rings is 1. The molecule has 1 saturated heterocycles. The number of carbonyl (C=O) groups excluding carboxylic acids is 1. The van der Waals surface area contributed by atoms with Crippen molar-refractivity contribution in [3.63, 3.8) is 0 Å². The summed E-state index contributed by atoms with van der Waals surface area (Å²) < 4.78 is 3.96. The molecule has 3 rings (SSSR count). The Kier molecular flexibility index (Phi) is 5.03. The largest absolute Gasteiger partial charge is 0.328 e. The van der Waals surface area contributed by atoms with E-state index >= 15 is 0 Å². The predicted octanol–water partition coefficient (Wildman–Crippen LogP) is 2.45. The Morgan fingerprint density at radius 3 is 2.78 bits per heavy atom. The van der Waals surface area contributed by atoms with E-state index in [1.165, 1.54) is 22.7 Å². The average Bonchev–Trinajstić information content (AvgIpc) is 3.10. The number of hydrogen-bond acceptors (Lipinski definition) is 5. The SMILES string of the molecule is CCc1ccc(C2CNCCN2C(=O)c2snnc2CC)cc1. The third-order valence-corrected chi connectivity index (χ3v) is 5.12. The van der Waals surface area contributed by atoms with Gasteiger partial charge in [0.05, 0.1) is 11.7 Å². The Bertz CT molecular complexity index is 667. The van der Waals surface area contributed by atoms with Crippen LogP contribution in [0, 0.1) is 0 Å². The van der Waals surface area contributed by atoms with E-state index in [4.69, 9.17) is 0 Å². The van der Waals surface area contributed by atoms with Crippen molar-refractivity contribution in [3.8, 4) is 0 Å². The van der Waals surface area contributed by atoms with Crippen molar-refractivity contribution in [1.82, 2.24) is 19.8 Å². The zero-order valence-electron chi connectivity index (χ0n) is 13.6. The van der Waals surface area contributed by atoms with Gasteiger partial charge in [-0.3, -0.25) is 4.79 Å². The third-order valence-electron chi connectivity index (χ3n) is 4.36. The van der Waals surface area contributed by atoms with E-state index in [0.29, 0.717) is 11.4 Å². The molecular formula is C17H22N4OS. The van der Waals surface area contributed by atoms with Crippen LogP contribution in [0.15, 0.2) is 24.3 Å². The molecule has 1 aromatic carbocycles. The second-order valence-corrected chi connectivity index (χ2v) is 6.47. The van der Waals surface area contributed by atoms with E-state index in [1.807, 2.05) is 11.8 Å². The van der Waals surface area contributed by atoms with Crippen molar-refractivity contribution in [2.24, 2.45) is 0 Å². The molecule has 2 aromatic rings. The highest BCUT2D eigenvalue weighted by molar-refractivity contribution is 7.08. The highest BCUT2D eigenvalue weighted by Crippen LogP contribution is 2.26. The van der Waals surface area contributed by atoms with E-state index in [2.05, 4.69) is 46.1 Å². The summed E-state index contributed by atoms with van der Waals surface area (Å²) in [7, 11) is 0. The third kappa shape index (κ3) is 3.28. The molecule has 0 saturated carbocycles. The molecule has 1 aromatic heterocycles. The van der Waals surface area contributed by atoms with E-state index in [1.54, 1.807) is 0 Å². The summed E-state index contributed by atoms with van der Waals surface area (Å²) in [4.78, 5) is 15.6. The number of aryl methyl sites for hydroxylation is 2. The monoisotopic (exact) mass is 330 g/mol. The molecule has 0 radical (unpaired) electrons. The normalized spacial score (nSPS) is 18.2. The number of hydrogen-bond donors (Lipinski definition) is 1. The number of aromatic nitrogens is 2. The van der Waals surface area contributed by atoms with E-state index in [-0.39, 0.29) is 11.9 Å². The number of nitrogens with zero attached hydrogens (tertiary/aromatic N) is 3. The minimum absolute atomic E-state index is 0.0583. The number of amides is 1. The van der Waals surface area contributed by atoms with E-state index < -0.39 is 0 Å². The maximum Gasteiger partial charge on any atom is 0.268 e. The molecule has 1 aliphatic rings. The summed E-state index contributed by atoms with van der Waals surface area (Å²) in [6.07, 6.45) is 1.76. The molecule has 0 bridgehead atoms. The van der Waals surface area contributed by atoms with Gasteiger partial charge in [0.2, 0.25) is 0 Å². The summed E-state index contributed by atoms with van der Waals surface area (Å²) in [5, 5.41) is 7.48. The van der Waals surface area contributed by atoms with Crippen LogP contribution in [-0.2, 0) is 12.8 Å². The van der Waals surface area contributed by atoms with Crippen molar-refractivity contribution >= 4 is 17.4 Å². The van der Waals surface area contributed by atoms with Crippen LogP contribution in [-0.4, -0.2) is 40.0 Å². The maximum atomic E-state index is 13.0. The van der Waals surface area contributed by atoms with Crippen molar-refractivity contribution < 1.29 is 4.79 Å². The van der Waals surface area contributed by atoms with Crippen molar-refractivity contribution in [2.75, 3.05) is 19.6 Å². The summed E-state index contributed by atoms with van der Waals surface area (Å²) >= 11 is 1.21. The molecule has 0 spiro atoms. The molecule has 1 amide bonds. The minimum atomic E-state index is 0.0583. The van der Waals surface area contributed by atoms with Gasteiger partial charge in [-0.25, -0.2) is 0 Å². The van der Waals surface area contributed by atoms with Crippen molar-refractivity contribution in [3.05, 3.63) is 46.0 Å². The van der Waals surface area contributed by atoms with Crippen molar-refractivity contribution in [2.45, 2.75) is 32.7 Å². The van der Waals surface area contributed by atoms with Gasteiger partial charge in [0.25, 0.3) is 5.91 Å². The van der Waals surface area contributed by atoms with Gasteiger partial charge >= 0.3 is 0 Å². The Labute approximate surface area is 140 Å². The van der Waals surface area contributed by atoms with Crippen LogP contribution >= 0.6 is 11.5 Å². The highest BCUT2D eigenvalue weighted by atomic mass is 32.1. The van der Waals surface area contributed by atoms with Crippen LogP contribution in [0.25, 0.3) is 0 Å². The molecule has 1 unspecified atom stereocenters. The molecule has 1 atom stereocenters. The molecule has 0 aliphatic carbocycles. The molecular weight excluding hydrogens is 308 g/mol. The lowest BCUT2D eigenvalue weighted by molar-refractivity contribution is 0.0638. The highest BCUT2D eigenvalue weighted by Gasteiger charge is 2.30. The summed E-state index contributed by atoms with van der Waals surface area (Å²) in [5.74, 6) is 0.0583. The Balaban J connectivity index is 1.87. The van der Waals surface area contributed by atoms with Crippen LogP contribution in [0.4, 0.5) is 0 Å². The summed E-state index contributed by atoms with van der Waals surface area (Å²) in [5.41, 5.74) is 3.30. The summed E-state index contributed by atoms with van der Waals surface area (Å²) in [6.45, 7) is 6.47. The smallest absolute Gasteiger partial charge is 0.268 e. The maximum absolute atomic E-state index is 13.0. The number of carbonyl (C=O) groups is 1. The molecule has 1 N–H and O–H groups in total. The van der Waals surface area contributed by atoms with Gasteiger partial charge in [0.1, 0.15) is 4.88 Å². The molecule has 1 aliphatic heterocycles. The first kappa shape index (κ1) is 16.1. The van der Waals surface area contributed by atoms with Gasteiger partial charge in [-0.2, -0.15) is 0 Å². The zero-order chi connectivity index (χ0) is 16.2. The Morgan fingerprint density at radius 1 is 1.30 bits per heavy atom. The van der Waals surface area contributed by atoms with Crippen LogP contribution in [0.3, 0.4) is 0 Å². The lowest BCUT2D eigenvalue weighted by Gasteiger charge is -2.36. The fraction of sp³-hybridized carbons (Fsp3) is 0.471. The molecule has 5 nitrogen and oxygen atoms in total. The van der Waals surface area contributed by atoms with Gasteiger partial charge in [-0.15, -0.1) is 5.10 Å². The van der Waals surface area contributed by atoms with Crippen LogP contribution in [0.2, 0.25) is 0 Å². The predicted molar refractivity (Wildman–Crippen MR) is 91.8 cm³/mol. The van der Waals surface area contributed by atoms with Gasteiger partial charge in [-0.1, -0.05) is 42.6 Å². The van der Waals surface area contributed by atoms with Gasteiger partial charge < -0.3 is 10.2 Å². The second-order valence-electron chi connectivity index (χ2n) is 5.72. The molecule has 6 heteroatoms. The van der Waals surface area contributed by atoms with Crippen LogP contribution < -0.4 is 5.32 Å². The topological polar surface area (TPSA) is 58.1 Å². The standard InChI is InChI=1S/C17H22N4OS/c1-3-12-5-7-13(8-6-12)15-11-18-9-10-21(15)17(22)16-14(4-2)19-20-23-16/h5-8,15,18H,3-4,9-11H2,1-2H3. The van der Waals surface area contributed by atoms with E-state index in [0.717, 1.165) is 31.6 Å². The van der Waals surface area contributed by atoms with Gasteiger partial charge in [-0.05, 0) is 35.5 Å². The lowest BCUT2D eigenvalue weighted by atomic mass is 10.0. The quantitative estimate of drug-likeness (QED) is 0.935. The zero-order valence-corrected chi connectivity index (χ0v) is 14.4. The molecule has 122 valence electrons. The van der Waals surface area contributed by atoms with Crippen molar-refractivity contribution in [1.29, 1.82) is 0 Å². The average molecular weight is 330 g/mol. The number of benzene rings is 1. The lowest BCUT2D eigenvalue weighted by Crippen LogP contribution is -2.48. The second kappa shape index (κ2) is 7.19. The summed E-state index contributed by atoms with van der Waals surface area (Å²) in [6, 6.07) is 8.65. The minimum Gasteiger partial charge on any atom is -0.328 e. The fourth-order valence-electron chi connectivity index (χ4n) is 2.95. The fourth-order valence-corrected chi connectivity index (χ4v) is 3.66. The molecule has 23 heavy (non-hydrogen) atoms. The van der Waals surface area contributed by atoms with Gasteiger partial charge in [0.15, 0.2) is 0 Å².